The third-order valence-corrected chi connectivity index (χ3v) is 4.79. The van der Waals surface area contributed by atoms with Gasteiger partial charge in [0.25, 0.3) is 0 Å². The van der Waals surface area contributed by atoms with E-state index in [0.29, 0.717) is 25.9 Å². The molecule has 1 aliphatic rings. The number of carbonyl (C=O) groups is 1. The molecule has 0 aliphatic carbocycles. The lowest BCUT2D eigenvalue weighted by molar-refractivity contribution is -0.121. The molecule has 1 unspecified atom stereocenters. The van der Waals surface area contributed by atoms with E-state index in [0.717, 1.165) is 18.4 Å². The van der Waals surface area contributed by atoms with Crippen LogP contribution < -0.4 is 10.0 Å². The molecule has 0 radical (unpaired) electrons. The Balaban J connectivity index is 1.89. The maximum Gasteiger partial charge on any atom is 0.241 e. The van der Waals surface area contributed by atoms with Crippen molar-refractivity contribution < 1.29 is 22.0 Å². The summed E-state index contributed by atoms with van der Waals surface area (Å²) in [6.07, 6.45) is 2.34. The normalized spacial score (nSPS) is 18.3. The van der Waals surface area contributed by atoms with Crippen molar-refractivity contribution in [2.24, 2.45) is 0 Å². The number of carbonyl (C=O) groups excluding carboxylic acids is 1. The molecule has 1 atom stereocenters. The zero-order chi connectivity index (χ0) is 17.9. The first-order valence-electron chi connectivity index (χ1n) is 7.63. The van der Waals surface area contributed by atoms with Crippen LogP contribution in [0.2, 0.25) is 0 Å². The molecule has 9 heteroatoms. The molecule has 2 rings (SSSR count). The third kappa shape index (κ3) is 5.22. The average molecular weight is 361 g/mol. The fourth-order valence-corrected chi connectivity index (χ4v) is 3.53. The molecule has 0 saturated carbocycles. The second kappa shape index (κ2) is 7.54. The van der Waals surface area contributed by atoms with Crippen molar-refractivity contribution in [1.82, 2.24) is 9.62 Å². The van der Waals surface area contributed by atoms with E-state index in [1.54, 1.807) is 6.92 Å². The first-order valence-corrected chi connectivity index (χ1v) is 9.52. The van der Waals surface area contributed by atoms with Crippen LogP contribution in [0.3, 0.4) is 0 Å². The number of rotatable bonds is 5. The van der Waals surface area contributed by atoms with E-state index in [9.17, 15) is 22.0 Å². The number of hydrogen-bond donors (Lipinski definition) is 2. The van der Waals surface area contributed by atoms with E-state index >= 15 is 0 Å². The Morgan fingerprint density at radius 1 is 1.25 bits per heavy atom. The fourth-order valence-electron chi connectivity index (χ4n) is 2.69. The minimum atomic E-state index is -3.24. The highest BCUT2D eigenvalue weighted by molar-refractivity contribution is 7.88. The van der Waals surface area contributed by atoms with Gasteiger partial charge in [0.1, 0.15) is 0 Å². The topological polar surface area (TPSA) is 78.5 Å². The lowest BCUT2D eigenvalue weighted by Crippen LogP contribution is -2.50. The maximum atomic E-state index is 13.2. The number of nitrogens with one attached hydrogen (secondary N) is 2. The van der Waals surface area contributed by atoms with Crippen LogP contribution in [-0.2, 0) is 14.8 Å². The Kier molecular flexibility index (Phi) is 5.89. The summed E-state index contributed by atoms with van der Waals surface area (Å²) in [6, 6.07) is 2.60. The first kappa shape index (κ1) is 18.8. The molecule has 1 amide bonds. The third-order valence-electron chi connectivity index (χ3n) is 4.02. The van der Waals surface area contributed by atoms with E-state index in [2.05, 4.69) is 10.0 Å². The number of sulfonamides is 1. The minimum Gasteiger partial charge on any atom is -0.325 e. The van der Waals surface area contributed by atoms with Gasteiger partial charge >= 0.3 is 0 Å². The van der Waals surface area contributed by atoms with Crippen molar-refractivity contribution in [1.29, 1.82) is 0 Å². The van der Waals surface area contributed by atoms with Gasteiger partial charge < -0.3 is 5.32 Å². The zero-order valence-electron chi connectivity index (χ0n) is 13.6. The van der Waals surface area contributed by atoms with Gasteiger partial charge in [0, 0.05) is 30.9 Å². The van der Waals surface area contributed by atoms with E-state index in [1.807, 2.05) is 4.90 Å². The number of piperidine rings is 1. The molecular formula is C15H21F2N3O3S. The highest BCUT2D eigenvalue weighted by Crippen LogP contribution is 2.17. The minimum absolute atomic E-state index is 0.127. The first-order chi connectivity index (χ1) is 11.2. The molecule has 1 aromatic rings. The van der Waals surface area contributed by atoms with Crippen molar-refractivity contribution in [3.8, 4) is 0 Å². The summed E-state index contributed by atoms with van der Waals surface area (Å²) in [6.45, 7) is 2.86. The molecular weight excluding hydrogens is 340 g/mol. The van der Waals surface area contributed by atoms with Crippen LogP contribution in [0.25, 0.3) is 0 Å². The smallest absolute Gasteiger partial charge is 0.241 e. The molecule has 1 fully saturated rings. The Bertz CT molecular complexity index is 704. The monoisotopic (exact) mass is 361 g/mol. The number of amides is 1. The number of anilines is 1. The van der Waals surface area contributed by atoms with E-state index in [-0.39, 0.29) is 17.6 Å². The van der Waals surface area contributed by atoms with Crippen molar-refractivity contribution >= 4 is 21.6 Å². The van der Waals surface area contributed by atoms with Crippen molar-refractivity contribution in [3.63, 3.8) is 0 Å². The largest absolute Gasteiger partial charge is 0.325 e. The molecule has 0 aromatic heterocycles. The number of halogens is 2. The molecule has 1 saturated heterocycles. The Morgan fingerprint density at radius 3 is 2.42 bits per heavy atom. The number of hydrogen-bond acceptors (Lipinski definition) is 4. The van der Waals surface area contributed by atoms with Crippen LogP contribution in [0.1, 0.15) is 19.8 Å². The molecule has 1 aliphatic heterocycles. The fraction of sp³-hybridized carbons (Fsp3) is 0.533. The summed E-state index contributed by atoms with van der Waals surface area (Å²) >= 11 is 0. The standard InChI is InChI=1S/C15H21F2N3O3S/c1-10(15(21)18-12-3-4-13(16)14(17)9-12)20-7-5-11(6-8-20)19-24(2,22)23/h3-4,9-11,19H,5-8H2,1-2H3,(H,18,21). The highest BCUT2D eigenvalue weighted by Gasteiger charge is 2.27. The van der Waals surface area contributed by atoms with E-state index in [4.69, 9.17) is 0 Å². The van der Waals surface area contributed by atoms with Gasteiger partial charge in [0.2, 0.25) is 15.9 Å². The van der Waals surface area contributed by atoms with Crippen molar-refractivity contribution in [2.45, 2.75) is 31.8 Å². The van der Waals surface area contributed by atoms with Gasteiger partial charge in [-0.2, -0.15) is 0 Å². The number of benzene rings is 1. The average Bonchev–Trinajstić information content (AvgIpc) is 2.49. The van der Waals surface area contributed by atoms with Crippen LogP contribution in [0.15, 0.2) is 18.2 Å². The van der Waals surface area contributed by atoms with Crippen molar-refractivity contribution in [3.05, 3.63) is 29.8 Å². The Labute approximate surface area is 140 Å². The van der Waals surface area contributed by atoms with Crippen molar-refractivity contribution in [2.75, 3.05) is 24.7 Å². The lowest BCUT2D eigenvalue weighted by Gasteiger charge is -2.35. The van der Waals surface area contributed by atoms with Gasteiger partial charge in [-0.1, -0.05) is 0 Å². The molecule has 1 aromatic carbocycles. The second-order valence-corrected chi connectivity index (χ2v) is 7.77. The summed E-state index contributed by atoms with van der Waals surface area (Å²) in [5, 5.41) is 2.56. The van der Waals surface area contributed by atoms with Crippen LogP contribution in [0, 0.1) is 11.6 Å². The van der Waals surface area contributed by atoms with Crippen LogP contribution in [0.4, 0.5) is 14.5 Å². The number of likely N-dealkylation sites (tertiary alicyclic amines) is 1. The van der Waals surface area contributed by atoms with Crippen LogP contribution in [-0.4, -0.2) is 50.7 Å². The molecule has 0 spiro atoms. The SMILES string of the molecule is CC(C(=O)Nc1ccc(F)c(F)c1)N1CCC(NS(C)(=O)=O)CC1. The molecule has 2 N–H and O–H groups in total. The predicted octanol–water partition coefficient (Wildman–Crippen LogP) is 1.31. The summed E-state index contributed by atoms with van der Waals surface area (Å²) in [4.78, 5) is 14.2. The van der Waals surface area contributed by atoms with Crippen LogP contribution in [0.5, 0.6) is 0 Å². The summed E-state index contributed by atoms with van der Waals surface area (Å²) < 4.78 is 51.1. The highest BCUT2D eigenvalue weighted by atomic mass is 32.2. The van der Waals surface area contributed by atoms with Crippen LogP contribution >= 0.6 is 0 Å². The Morgan fingerprint density at radius 2 is 1.88 bits per heavy atom. The number of nitrogens with zero attached hydrogens (tertiary/aromatic N) is 1. The lowest BCUT2D eigenvalue weighted by atomic mass is 10.0. The predicted molar refractivity (Wildman–Crippen MR) is 87.0 cm³/mol. The quantitative estimate of drug-likeness (QED) is 0.829. The molecule has 1 heterocycles. The maximum absolute atomic E-state index is 13.2. The molecule has 134 valence electrons. The van der Waals surface area contributed by atoms with Gasteiger partial charge in [0.05, 0.1) is 12.3 Å². The summed E-state index contributed by atoms with van der Waals surface area (Å²) in [5.41, 5.74) is 0.194. The van der Waals surface area contributed by atoms with Gasteiger partial charge in [0.15, 0.2) is 11.6 Å². The van der Waals surface area contributed by atoms with Gasteiger partial charge in [-0.15, -0.1) is 0 Å². The molecule has 6 nitrogen and oxygen atoms in total. The van der Waals surface area contributed by atoms with Gasteiger partial charge in [-0.3, -0.25) is 9.69 Å². The molecule has 0 bridgehead atoms. The molecule has 24 heavy (non-hydrogen) atoms. The van der Waals surface area contributed by atoms with Gasteiger partial charge in [-0.05, 0) is 31.9 Å². The van der Waals surface area contributed by atoms with Gasteiger partial charge in [-0.25, -0.2) is 21.9 Å². The second-order valence-electron chi connectivity index (χ2n) is 5.99. The van der Waals surface area contributed by atoms with E-state index < -0.39 is 27.7 Å². The summed E-state index contributed by atoms with van der Waals surface area (Å²) in [7, 11) is -3.24. The van der Waals surface area contributed by atoms with E-state index in [1.165, 1.54) is 6.07 Å². The summed E-state index contributed by atoms with van der Waals surface area (Å²) in [5.74, 6) is -2.31. The Hall–Kier alpha value is -1.58. The zero-order valence-corrected chi connectivity index (χ0v) is 14.4.